The van der Waals surface area contributed by atoms with Crippen LogP contribution < -0.4 is 0 Å². The van der Waals surface area contributed by atoms with Crippen LogP contribution in [0, 0.1) is 23.2 Å². The fraction of sp³-hybridized carbons (Fsp3) is 0.875. The normalized spacial score (nSPS) is 31.6. The molecule has 0 bridgehead atoms. The molecule has 1 aliphatic rings. The van der Waals surface area contributed by atoms with E-state index < -0.39 is 0 Å². The summed E-state index contributed by atoms with van der Waals surface area (Å²) in [7, 11) is 0. The fourth-order valence-corrected chi connectivity index (χ4v) is 1.19. The maximum atomic E-state index is 8.43. The average Bonchev–Trinajstić information content (AvgIpc) is 2.62. The average molecular weight is 123 g/mol. The number of unbranched alkanes of at least 4 members (excludes halogenated alkanes) is 1. The lowest BCUT2D eigenvalue weighted by molar-refractivity contribution is 0.636. The van der Waals surface area contributed by atoms with Crippen molar-refractivity contribution in [1.29, 1.82) is 5.26 Å². The topological polar surface area (TPSA) is 23.8 Å². The molecule has 0 aromatic rings. The molecule has 9 heavy (non-hydrogen) atoms. The van der Waals surface area contributed by atoms with E-state index in [0.717, 1.165) is 5.92 Å². The van der Waals surface area contributed by atoms with Crippen molar-refractivity contribution in [2.75, 3.05) is 0 Å². The van der Waals surface area contributed by atoms with E-state index in [1.807, 2.05) is 0 Å². The van der Waals surface area contributed by atoms with Crippen LogP contribution in [0.25, 0.3) is 0 Å². The number of nitrogens with zero attached hydrogens (tertiary/aromatic N) is 1. The molecular formula is C8H13N. The molecule has 50 valence electrons. The zero-order valence-electron chi connectivity index (χ0n) is 5.93. The molecule has 1 aliphatic carbocycles. The minimum atomic E-state index is 0.427. The van der Waals surface area contributed by atoms with Crippen LogP contribution >= 0.6 is 0 Å². The summed E-state index contributed by atoms with van der Waals surface area (Å²) >= 11 is 0. The maximum absolute atomic E-state index is 8.43. The highest BCUT2D eigenvalue weighted by atomic mass is 14.4. The van der Waals surface area contributed by atoms with Gasteiger partial charge in [0.05, 0.1) is 6.07 Å². The molecule has 0 spiro atoms. The van der Waals surface area contributed by atoms with Crippen molar-refractivity contribution in [2.45, 2.75) is 32.6 Å². The Bertz CT molecular complexity index is 123. The zero-order chi connectivity index (χ0) is 6.69. The van der Waals surface area contributed by atoms with Crippen LogP contribution in [0.4, 0.5) is 0 Å². The third-order valence-corrected chi connectivity index (χ3v) is 2.02. The van der Waals surface area contributed by atoms with Gasteiger partial charge in [0.15, 0.2) is 0 Å². The van der Waals surface area contributed by atoms with Crippen LogP contribution in [-0.4, -0.2) is 0 Å². The quantitative estimate of drug-likeness (QED) is 0.565. The maximum Gasteiger partial charge on any atom is 0.0658 e. The minimum Gasteiger partial charge on any atom is -0.198 e. The third kappa shape index (κ3) is 1.71. The summed E-state index contributed by atoms with van der Waals surface area (Å²) in [5.74, 6) is 1.20. The monoisotopic (exact) mass is 123 g/mol. The Morgan fingerprint density at radius 3 is 2.89 bits per heavy atom. The first-order valence-corrected chi connectivity index (χ1v) is 3.78. The van der Waals surface area contributed by atoms with Crippen molar-refractivity contribution < 1.29 is 0 Å². The van der Waals surface area contributed by atoms with E-state index in [0.29, 0.717) is 5.92 Å². The Kier molecular flexibility index (Phi) is 2.10. The standard InChI is InChI=1S/C8H13N/c1-2-3-4-7-5-8(7)6-9/h7-8H,2-5H2,1H3/t7-,8+/m1/s1. The molecule has 2 atom stereocenters. The fourth-order valence-electron chi connectivity index (χ4n) is 1.19. The number of nitriles is 1. The first kappa shape index (κ1) is 6.61. The van der Waals surface area contributed by atoms with Gasteiger partial charge in [0.2, 0.25) is 0 Å². The molecule has 1 nitrogen and oxygen atoms in total. The van der Waals surface area contributed by atoms with Gasteiger partial charge in [0.25, 0.3) is 0 Å². The molecule has 1 saturated carbocycles. The highest BCUT2D eigenvalue weighted by Crippen LogP contribution is 2.41. The van der Waals surface area contributed by atoms with Crippen molar-refractivity contribution in [3.8, 4) is 6.07 Å². The van der Waals surface area contributed by atoms with Gasteiger partial charge in [-0.3, -0.25) is 0 Å². The number of rotatable bonds is 3. The largest absolute Gasteiger partial charge is 0.198 e. The summed E-state index contributed by atoms with van der Waals surface area (Å²) in [6.07, 6.45) is 5.04. The predicted molar refractivity (Wildman–Crippen MR) is 36.7 cm³/mol. The van der Waals surface area contributed by atoms with Crippen LogP contribution in [0.15, 0.2) is 0 Å². The van der Waals surface area contributed by atoms with Crippen molar-refractivity contribution in [3.63, 3.8) is 0 Å². The molecule has 0 unspecified atom stereocenters. The van der Waals surface area contributed by atoms with Crippen LogP contribution in [0.3, 0.4) is 0 Å². The van der Waals surface area contributed by atoms with Gasteiger partial charge in [-0.2, -0.15) is 5.26 Å². The highest BCUT2D eigenvalue weighted by molar-refractivity contribution is 5.00. The highest BCUT2D eigenvalue weighted by Gasteiger charge is 2.35. The number of hydrogen-bond donors (Lipinski definition) is 0. The molecule has 1 heteroatoms. The van der Waals surface area contributed by atoms with Crippen LogP contribution in [0.2, 0.25) is 0 Å². The van der Waals surface area contributed by atoms with Gasteiger partial charge in [0, 0.05) is 5.92 Å². The molecular weight excluding hydrogens is 110 g/mol. The second-order valence-electron chi connectivity index (χ2n) is 2.87. The zero-order valence-corrected chi connectivity index (χ0v) is 5.93. The second-order valence-corrected chi connectivity index (χ2v) is 2.87. The van der Waals surface area contributed by atoms with Crippen molar-refractivity contribution in [2.24, 2.45) is 11.8 Å². The number of hydrogen-bond acceptors (Lipinski definition) is 1. The van der Waals surface area contributed by atoms with Gasteiger partial charge >= 0.3 is 0 Å². The molecule has 0 radical (unpaired) electrons. The lowest BCUT2D eigenvalue weighted by Gasteiger charge is -1.90. The summed E-state index contributed by atoms with van der Waals surface area (Å²) in [5.41, 5.74) is 0. The summed E-state index contributed by atoms with van der Waals surface area (Å²) in [5, 5.41) is 8.43. The first-order valence-electron chi connectivity index (χ1n) is 3.78. The van der Waals surface area contributed by atoms with Gasteiger partial charge in [0.1, 0.15) is 0 Å². The van der Waals surface area contributed by atoms with Crippen LogP contribution in [-0.2, 0) is 0 Å². The Morgan fingerprint density at radius 1 is 1.67 bits per heavy atom. The lowest BCUT2D eigenvalue weighted by Crippen LogP contribution is -1.78. The Balaban J connectivity index is 2.00. The summed E-state index contributed by atoms with van der Waals surface area (Å²) in [6.45, 7) is 2.20. The molecule has 0 amide bonds. The van der Waals surface area contributed by atoms with Crippen LogP contribution in [0.5, 0.6) is 0 Å². The van der Waals surface area contributed by atoms with E-state index in [1.165, 1.54) is 25.7 Å². The van der Waals surface area contributed by atoms with Gasteiger partial charge in [-0.1, -0.05) is 19.8 Å². The van der Waals surface area contributed by atoms with Crippen molar-refractivity contribution >= 4 is 0 Å². The predicted octanol–water partition coefficient (Wildman–Crippen LogP) is 2.34. The molecule has 0 aromatic carbocycles. The molecule has 0 N–H and O–H groups in total. The minimum absolute atomic E-state index is 0.427. The smallest absolute Gasteiger partial charge is 0.0658 e. The van der Waals surface area contributed by atoms with Crippen molar-refractivity contribution in [1.82, 2.24) is 0 Å². The van der Waals surface area contributed by atoms with E-state index >= 15 is 0 Å². The van der Waals surface area contributed by atoms with E-state index in [2.05, 4.69) is 13.0 Å². The second kappa shape index (κ2) is 2.87. The van der Waals surface area contributed by atoms with E-state index in [-0.39, 0.29) is 0 Å². The Labute approximate surface area is 56.7 Å². The molecule has 1 fully saturated rings. The summed E-state index contributed by atoms with van der Waals surface area (Å²) < 4.78 is 0. The van der Waals surface area contributed by atoms with Gasteiger partial charge < -0.3 is 0 Å². The molecule has 0 saturated heterocycles. The van der Waals surface area contributed by atoms with E-state index in [4.69, 9.17) is 5.26 Å². The van der Waals surface area contributed by atoms with E-state index in [1.54, 1.807) is 0 Å². The lowest BCUT2D eigenvalue weighted by atomic mass is 10.2. The Hall–Kier alpha value is -0.510. The molecule has 0 aromatic heterocycles. The molecule has 0 heterocycles. The van der Waals surface area contributed by atoms with Crippen molar-refractivity contribution in [3.05, 3.63) is 0 Å². The SMILES string of the molecule is CCCC[C@@H]1C[C@H]1C#N. The third-order valence-electron chi connectivity index (χ3n) is 2.02. The van der Waals surface area contributed by atoms with E-state index in [9.17, 15) is 0 Å². The van der Waals surface area contributed by atoms with Gasteiger partial charge in [-0.25, -0.2) is 0 Å². The summed E-state index contributed by atoms with van der Waals surface area (Å²) in [4.78, 5) is 0. The van der Waals surface area contributed by atoms with Gasteiger partial charge in [-0.05, 0) is 18.8 Å². The summed E-state index contributed by atoms with van der Waals surface area (Å²) in [6, 6.07) is 2.30. The van der Waals surface area contributed by atoms with Crippen LogP contribution in [0.1, 0.15) is 32.6 Å². The molecule has 1 rings (SSSR count). The van der Waals surface area contributed by atoms with Gasteiger partial charge in [-0.15, -0.1) is 0 Å². The molecule has 0 aliphatic heterocycles. The first-order chi connectivity index (χ1) is 4.38. The Morgan fingerprint density at radius 2 is 2.44 bits per heavy atom.